The zero-order valence-corrected chi connectivity index (χ0v) is 17.1. The minimum atomic E-state index is 0.239. The number of allylic oxidation sites excluding steroid dienone is 2. The van der Waals surface area contributed by atoms with E-state index < -0.39 is 0 Å². The largest absolute Gasteiger partial charge is 0.492 e. The Kier molecular flexibility index (Phi) is 9.05. The van der Waals surface area contributed by atoms with Crippen LogP contribution >= 0.6 is 11.8 Å². The molecular formula is C19H31N3O3S. The maximum Gasteiger partial charge on any atom is 0.187 e. The molecule has 1 heterocycles. The number of hydrogen-bond acceptors (Lipinski definition) is 7. The Morgan fingerprint density at radius 1 is 1.46 bits per heavy atom. The summed E-state index contributed by atoms with van der Waals surface area (Å²) < 4.78 is 16.9. The lowest BCUT2D eigenvalue weighted by molar-refractivity contribution is 0.183. The molecule has 3 atom stereocenters. The van der Waals surface area contributed by atoms with Crippen LogP contribution in [-0.2, 0) is 14.2 Å². The topological polar surface area (TPSA) is 64.4 Å². The van der Waals surface area contributed by atoms with Gasteiger partial charge in [0.25, 0.3) is 0 Å². The monoisotopic (exact) mass is 381 g/mol. The smallest absolute Gasteiger partial charge is 0.187 e. The van der Waals surface area contributed by atoms with Crippen molar-refractivity contribution in [1.82, 2.24) is 5.43 Å². The van der Waals surface area contributed by atoms with Gasteiger partial charge in [-0.1, -0.05) is 13.8 Å². The van der Waals surface area contributed by atoms with Crippen molar-refractivity contribution >= 4 is 23.9 Å². The molecule has 3 unspecified atom stereocenters. The lowest BCUT2D eigenvalue weighted by atomic mass is 10.00. The van der Waals surface area contributed by atoms with E-state index in [1.807, 2.05) is 12.5 Å². The first-order valence-electron chi connectivity index (χ1n) is 9.13. The summed E-state index contributed by atoms with van der Waals surface area (Å²) in [5.74, 6) is 2.98. The standard InChI is InChI=1S/C19H31N3O3S/c1-14-9-17(11-16-12-21-22-18(16)10-14)24-8-6-20-19(25-13-26-4)15(2)5-7-23-3/h9,11-12,14-15,18,22H,5-8,10,13H2,1-4H3. The summed E-state index contributed by atoms with van der Waals surface area (Å²) >= 11 is 1.64. The van der Waals surface area contributed by atoms with Gasteiger partial charge in [-0.3, -0.25) is 4.99 Å². The zero-order valence-electron chi connectivity index (χ0n) is 16.2. The van der Waals surface area contributed by atoms with Crippen molar-refractivity contribution in [3.63, 3.8) is 0 Å². The molecule has 0 spiro atoms. The molecule has 2 aliphatic rings. The Bertz CT molecular complexity index is 560. The van der Waals surface area contributed by atoms with E-state index in [0.29, 0.717) is 37.7 Å². The first-order valence-corrected chi connectivity index (χ1v) is 10.5. The quantitative estimate of drug-likeness (QED) is 0.272. The van der Waals surface area contributed by atoms with Gasteiger partial charge in [-0.2, -0.15) is 5.10 Å². The Hall–Kier alpha value is -1.47. The van der Waals surface area contributed by atoms with E-state index >= 15 is 0 Å². The summed E-state index contributed by atoms with van der Waals surface area (Å²) in [5.41, 5.74) is 4.32. The first-order chi connectivity index (χ1) is 12.6. The number of nitrogens with one attached hydrogen (secondary N) is 1. The minimum Gasteiger partial charge on any atom is -0.492 e. The molecule has 146 valence electrons. The molecule has 1 N–H and O–H groups in total. The second kappa shape index (κ2) is 11.3. The summed E-state index contributed by atoms with van der Waals surface area (Å²) in [4.78, 5) is 4.62. The number of hydrazone groups is 1. The van der Waals surface area contributed by atoms with Crippen LogP contribution in [0.5, 0.6) is 0 Å². The lowest BCUT2D eigenvalue weighted by Crippen LogP contribution is -2.22. The van der Waals surface area contributed by atoms with E-state index in [-0.39, 0.29) is 5.92 Å². The van der Waals surface area contributed by atoms with Gasteiger partial charge in [0.05, 0.1) is 18.8 Å². The van der Waals surface area contributed by atoms with Gasteiger partial charge in [0.15, 0.2) is 5.90 Å². The van der Waals surface area contributed by atoms with Crippen molar-refractivity contribution in [3.05, 3.63) is 23.5 Å². The number of nitrogens with zero attached hydrogens (tertiary/aromatic N) is 2. The van der Waals surface area contributed by atoms with E-state index in [4.69, 9.17) is 14.2 Å². The maximum absolute atomic E-state index is 5.96. The molecule has 0 amide bonds. The van der Waals surface area contributed by atoms with E-state index in [9.17, 15) is 0 Å². The Labute approximate surface area is 161 Å². The first kappa shape index (κ1) is 20.8. The van der Waals surface area contributed by atoms with Crippen LogP contribution in [0, 0.1) is 11.8 Å². The molecule has 0 aromatic rings. The average molecular weight is 382 g/mol. The molecule has 6 nitrogen and oxygen atoms in total. The molecular weight excluding hydrogens is 350 g/mol. The predicted octanol–water partition coefficient (Wildman–Crippen LogP) is 3.22. The van der Waals surface area contributed by atoms with Crippen LogP contribution < -0.4 is 5.43 Å². The molecule has 7 heteroatoms. The summed E-state index contributed by atoms with van der Waals surface area (Å²) in [6, 6.07) is 0.300. The van der Waals surface area contributed by atoms with Crippen LogP contribution in [0.1, 0.15) is 26.7 Å². The highest BCUT2D eigenvalue weighted by Gasteiger charge is 2.22. The van der Waals surface area contributed by atoms with Crippen LogP contribution in [0.3, 0.4) is 0 Å². The van der Waals surface area contributed by atoms with Gasteiger partial charge in [-0.25, -0.2) is 0 Å². The van der Waals surface area contributed by atoms with Gasteiger partial charge in [0.1, 0.15) is 18.3 Å². The fourth-order valence-corrected chi connectivity index (χ4v) is 3.15. The summed E-state index contributed by atoms with van der Waals surface area (Å²) in [5, 5.41) is 4.15. The minimum absolute atomic E-state index is 0.239. The van der Waals surface area contributed by atoms with Crippen LogP contribution in [0.4, 0.5) is 0 Å². The fourth-order valence-electron chi connectivity index (χ4n) is 2.92. The van der Waals surface area contributed by atoms with Crippen molar-refractivity contribution in [2.75, 3.05) is 39.1 Å². The summed E-state index contributed by atoms with van der Waals surface area (Å²) in [6.07, 6.45) is 10.1. The lowest BCUT2D eigenvalue weighted by Gasteiger charge is -2.15. The van der Waals surface area contributed by atoms with Gasteiger partial charge >= 0.3 is 0 Å². The van der Waals surface area contributed by atoms with E-state index in [0.717, 1.165) is 24.5 Å². The number of fused-ring (bicyclic) bond motifs is 1. The number of methoxy groups -OCH3 is 1. The van der Waals surface area contributed by atoms with Crippen molar-refractivity contribution in [1.29, 1.82) is 0 Å². The third kappa shape index (κ3) is 6.68. The number of aliphatic imine (C=N–C) groups is 1. The zero-order chi connectivity index (χ0) is 18.8. The average Bonchev–Trinajstić information content (AvgIpc) is 2.98. The second-order valence-electron chi connectivity index (χ2n) is 6.67. The van der Waals surface area contributed by atoms with E-state index in [1.54, 1.807) is 18.9 Å². The third-order valence-electron chi connectivity index (χ3n) is 4.34. The van der Waals surface area contributed by atoms with Crippen LogP contribution in [0.2, 0.25) is 0 Å². The molecule has 1 aliphatic carbocycles. The molecule has 0 saturated heterocycles. The van der Waals surface area contributed by atoms with Crippen LogP contribution in [-0.4, -0.2) is 57.2 Å². The SMILES string of the molecule is COCCC(C)C(=NCCOC1=CC(C)CC2NN=CC2=C1)OCSC. The highest BCUT2D eigenvalue weighted by atomic mass is 32.2. The van der Waals surface area contributed by atoms with E-state index in [2.05, 4.69) is 41.5 Å². The summed E-state index contributed by atoms with van der Waals surface area (Å²) in [7, 11) is 1.71. The fraction of sp³-hybridized carbons (Fsp3) is 0.684. The number of hydrogen-bond donors (Lipinski definition) is 1. The second-order valence-corrected chi connectivity index (χ2v) is 7.48. The molecule has 0 aromatic carbocycles. The highest BCUT2D eigenvalue weighted by molar-refractivity contribution is 7.98. The number of rotatable bonds is 10. The highest BCUT2D eigenvalue weighted by Crippen LogP contribution is 2.24. The van der Waals surface area contributed by atoms with Crippen molar-refractivity contribution in [2.45, 2.75) is 32.7 Å². The van der Waals surface area contributed by atoms with Crippen LogP contribution in [0.15, 0.2) is 33.6 Å². The van der Waals surface area contributed by atoms with Gasteiger partial charge in [0, 0.05) is 19.6 Å². The number of ether oxygens (including phenoxy) is 3. The summed E-state index contributed by atoms with van der Waals surface area (Å²) in [6.45, 7) is 6.12. The van der Waals surface area contributed by atoms with Crippen molar-refractivity contribution in [2.24, 2.45) is 21.9 Å². The van der Waals surface area contributed by atoms with Crippen molar-refractivity contribution < 1.29 is 14.2 Å². The normalized spacial score (nSPS) is 23.5. The Balaban J connectivity index is 1.87. The molecule has 0 bridgehead atoms. The molecule has 2 rings (SSSR count). The molecule has 1 aliphatic heterocycles. The number of thioether (sulfide) groups is 1. The Morgan fingerprint density at radius 2 is 2.31 bits per heavy atom. The van der Waals surface area contributed by atoms with Gasteiger partial charge in [-0.05, 0) is 42.7 Å². The van der Waals surface area contributed by atoms with Gasteiger partial charge in [0.2, 0.25) is 0 Å². The van der Waals surface area contributed by atoms with Gasteiger partial charge < -0.3 is 19.6 Å². The van der Waals surface area contributed by atoms with E-state index in [1.165, 1.54) is 5.57 Å². The Morgan fingerprint density at radius 3 is 3.08 bits per heavy atom. The van der Waals surface area contributed by atoms with Crippen LogP contribution in [0.25, 0.3) is 0 Å². The van der Waals surface area contributed by atoms with Gasteiger partial charge in [-0.15, -0.1) is 11.8 Å². The molecule has 0 fully saturated rings. The van der Waals surface area contributed by atoms with Crippen molar-refractivity contribution in [3.8, 4) is 0 Å². The molecule has 26 heavy (non-hydrogen) atoms. The third-order valence-corrected chi connectivity index (χ3v) is 4.69. The molecule has 0 radical (unpaired) electrons. The molecule has 0 aromatic heterocycles. The molecule has 0 saturated carbocycles. The maximum atomic E-state index is 5.96. The predicted molar refractivity (Wildman–Crippen MR) is 109 cm³/mol.